The molecule has 0 heterocycles. The molecule has 5 heteroatoms. The molecule has 0 fully saturated rings. The molecular weight excluding hydrogens is 538 g/mol. The molecule has 2 aromatic carbocycles. The smallest absolute Gasteiger partial charge is 0.294 e. The second-order valence-electron chi connectivity index (χ2n) is 13.0. The SMILES string of the molecule is C=C(C[N+](C)(C)CCCCCCCC)c1ccccc1C(CCCCCCCCC)CCc1ccc(S(=O)(=O)O)cc1. The Hall–Kier alpha value is -1.95. The summed E-state index contributed by atoms with van der Waals surface area (Å²) in [6, 6.07) is 15.6. The Balaban J connectivity index is 2.11. The zero-order valence-electron chi connectivity index (χ0n) is 27.3. The lowest BCUT2D eigenvalue weighted by Crippen LogP contribution is -2.41. The topological polar surface area (TPSA) is 54.4 Å². The van der Waals surface area contributed by atoms with Crippen LogP contribution in [0.4, 0.5) is 0 Å². The van der Waals surface area contributed by atoms with Crippen molar-refractivity contribution in [3.63, 3.8) is 0 Å². The van der Waals surface area contributed by atoms with E-state index in [0.717, 1.165) is 35.9 Å². The zero-order chi connectivity index (χ0) is 30.8. The van der Waals surface area contributed by atoms with Gasteiger partial charge in [0.05, 0.1) is 25.5 Å². The van der Waals surface area contributed by atoms with E-state index >= 15 is 0 Å². The van der Waals surface area contributed by atoms with Crippen molar-refractivity contribution in [3.8, 4) is 0 Å². The van der Waals surface area contributed by atoms with Crippen LogP contribution in [-0.2, 0) is 16.5 Å². The molecule has 0 amide bonds. The highest BCUT2D eigenvalue weighted by atomic mass is 32.2. The first kappa shape index (κ1) is 36.2. The summed E-state index contributed by atoms with van der Waals surface area (Å²) in [7, 11) is 0.508. The summed E-state index contributed by atoms with van der Waals surface area (Å²) in [5, 5.41) is 0. The Kier molecular flexibility index (Phi) is 16.7. The van der Waals surface area contributed by atoms with E-state index in [1.807, 2.05) is 12.1 Å². The number of unbranched alkanes of at least 4 members (excludes halogenated alkanes) is 11. The highest BCUT2D eigenvalue weighted by molar-refractivity contribution is 7.85. The van der Waals surface area contributed by atoms with Crippen molar-refractivity contribution in [2.24, 2.45) is 0 Å². The van der Waals surface area contributed by atoms with Crippen LogP contribution in [0.1, 0.15) is 133 Å². The van der Waals surface area contributed by atoms with Crippen LogP contribution < -0.4 is 0 Å². The highest BCUT2D eigenvalue weighted by Crippen LogP contribution is 2.34. The van der Waals surface area contributed by atoms with E-state index in [2.05, 4.69) is 58.8 Å². The first-order chi connectivity index (χ1) is 20.1. The van der Waals surface area contributed by atoms with E-state index in [-0.39, 0.29) is 4.90 Å². The standard InChI is InChI=1S/C37H59NO3S/c1-6-8-10-12-14-15-17-21-34(27-24-33-25-28-35(29-26-33)42(39,40)41)37-23-19-18-22-36(37)32(3)31-38(4,5)30-20-16-13-11-9-7-2/h18-19,22-23,25-26,28-29,34H,3,6-17,20-21,24,27,30-31H2,1-2,4-5H3/p+1. The highest BCUT2D eigenvalue weighted by Gasteiger charge is 2.22. The fourth-order valence-electron chi connectivity index (χ4n) is 6.15. The van der Waals surface area contributed by atoms with Crippen molar-refractivity contribution >= 4 is 15.7 Å². The van der Waals surface area contributed by atoms with Gasteiger partial charge < -0.3 is 4.48 Å². The van der Waals surface area contributed by atoms with Crippen LogP contribution in [0.5, 0.6) is 0 Å². The number of benzene rings is 2. The average molecular weight is 599 g/mol. The van der Waals surface area contributed by atoms with Gasteiger partial charge in [0.2, 0.25) is 0 Å². The third-order valence-corrected chi connectivity index (χ3v) is 9.54. The third-order valence-electron chi connectivity index (χ3n) is 8.68. The Labute approximate surface area is 259 Å². The minimum Gasteiger partial charge on any atom is -0.325 e. The van der Waals surface area contributed by atoms with E-state index in [1.165, 1.54) is 119 Å². The predicted octanol–water partition coefficient (Wildman–Crippen LogP) is 10.2. The molecular formula is C37H60NO3S+. The Bertz CT molecular complexity index is 1140. The first-order valence-electron chi connectivity index (χ1n) is 16.7. The molecule has 0 saturated carbocycles. The van der Waals surface area contributed by atoms with Crippen molar-refractivity contribution in [1.82, 2.24) is 0 Å². The molecule has 0 aliphatic rings. The molecule has 0 aromatic heterocycles. The number of aryl methyl sites for hydroxylation is 1. The molecule has 0 aliphatic carbocycles. The maximum Gasteiger partial charge on any atom is 0.294 e. The van der Waals surface area contributed by atoms with E-state index < -0.39 is 10.1 Å². The molecule has 2 aromatic rings. The maximum absolute atomic E-state index is 11.5. The Morgan fingerprint density at radius 3 is 1.90 bits per heavy atom. The molecule has 1 atom stereocenters. The predicted molar refractivity (Wildman–Crippen MR) is 181 cm³/mol. The lowest BCUT2D eigenvalue weighted by Gasteiger charge is -2.32. The van der Waals surface area contributed by atoms with Crippen LogP contribution in [0.15, 0.2) is 60.0 Å². The Morgan fingerprint density at radius 1 is 0.762 bits per heavy atom. The van der Waals surface area contributed by atoms with Crippen molar-refractivity contribution in [3.05, 3.63) is 71.8 Å². The van der Waals surface area contributed by atoms with Crippen LogP contribution in [0.25, 0.3) is 5.57 Å². The van der Waals surface area contributed by atoms with Crippen LogP contribution >= 0.6 is 0 Å². The van der Waals surface area contributed by atoms with Gasteiger partial charge in [-0.05, 0) is 66.8 Å². The summed E-state index contributed by atoms with van der Waals surface area (Å²) < 4.78 is 33.3. The van der Waals surface area contributed by atoms with Crippen molar-refractivity contribution in [2.75, 3.05) is 27.2 Å². The number of quaternary nitrogens is 1. The molecule has 0 saturated heterocycles. The molecule has 0 aliphatic heterocycles. The minimum atomic E-state index is -4.17. The fraction of sp³-hybridized carbons (Fsp3) is 0.622. The van der Waals surface area contributed by atoms with Gasteiger partial charge in [-0.2, -0.15) is 8.42 Å². The van der Waals surface area contributed by atoms with Crippen molar-refractivity contribution in [1.29, 1.82) is 0 Å². The average Bonchev–Trinajstić information content (AvgIpc) is 2.95. The van der Waals surface area contributed by atoms with Gasteiger partial charge in [0.1, 0.15) is 6.54 Å². The lowest BCUT2D eigenvalue weighted by molar-refractivity contribution is -0.883. The fourth-order valence-corrected chi connectivity index (χ4v) is 6.63. The van der Waals surface area contributed by atoms with Gasteiger partial charge in [-0.3, -0.25) is 4.55 Å². The molecule has 1 N–H and O–H groups in total. The van der Waals surface area contributed by atoms with Gasteiger partial charge in [0.25, 0.3) is 10.1 Å². The van der Waals surface area contributed by atoms with Gasteiger partial charge in [-0.25, -0.2) is 0 Å². The summed E-state index contributed by atoms with van der Waals surface area (Å²) in [6.45, 7) is 11.3. The number of rotatable bonds is 23. The van der Waals surface area contributed by atoms with E-state index in [1.54, 1.807) is 0 Å². The number of hydrogen-bond donors (Lipinski definition) is 1. The largest absolute Gasteiger partial charge is 0.325 e. The quantitative estimate of drug-likeness (QED) is 0.0786. The number of nitrogens with zero attached hydrogens (tertiary/aromatic N) is 1. The van der Waals surface area contributed by atoms with Gasteiger partial charge in [-0.1, -0.05) is 127 Å². The number of hydrogen-bond acceptors (Lipinski definition) is 2. The first-order valence-corrected chi connectivity index (χ1v) is 18.2. The zero-order valence-corrected chi connectivity index (χ0v) is 28.1. The van der Waals surface area contributed by atoms with Crippen molar-refractivity contribution in [2.45, 2.75) is 127 Å². The van der Waals surface area contributed by atoms with E-state index in [0.29, 0.717) is 5.92 Å². The molecule has 2 rings (SSSR count). The van der Waals surface area contributed by atoms with Gasteiger partial charge >= 0.3 is 0 Å². The van der Waals surface area contributed by atoms with Crippen LogP contribution in [-0.4, -0.2) is 44.6 Å². The molecule has 0 bridgehead atoms. The van der Waals surface area contributed by atoms with Gasteiger partial charge in [-0.15, -0.1) is 0 Å². The lowest BCUT2D eigenvalue weighted by atomic mass is 9.83. The molecule has 236 valence electrons. The monoisotopic (exact) mass is 598 g/mol. The van der Waals surface area contributed by atoms with Gasteiger partial charge in [0, 0.05) is 5.57 Å². The minimum absolute atomic E-state index is 0.0470. The third kappa shape index (κ3) is 14.0. The molecule has 0 spiro atoms. The second-order valence-corrected chi connectivity index (χ2v) is 14.5. The summed E-state index contributed by atoms with van der Waals surface area (Å²) in [5.74, 6) is 0.420. The van der Waals surface area contributed by atoms with E-state index in [9.17, 15) is 13.0 Å². The summed E-state index contributed by atoms with van der Waals surface area (Å²) in [4.78, 5) is -0.0470. The number of likely N-dealkylation sites (N-methyl/N-ethyl adjacent to an activating group) is 1. The maximum atomic E-state index is 11.5. The summed E-state index contributed by atoms with van der Waals surface area (Å²) >= 11 is 0. The molecule has 4 nitrogen and oxygen atoms in total. The summed E-state index contributed by atoms with van der Waals surface area (Å²) in [5.41, 5.74) is 5.03. The van der Waals surface area contributed by atoms with Crippen LogP contribution in [0, 0.1) is 0 Å². The Morgan fingerprint density at radius 2 is 1.31 bits per heavy atom. The summed E-state index contributed by atoms with van der Waals surface area (Å²) in [6.07, 6.45) is 20.0. The molecule has 42 heavy (non-hydrogen) atoms. The molecule has 0 radical (unpaired) electrons. The van der Waals surface area contributed by atoms with Gasteiger partial charge in [0.15, 0.2) is 0 Å². The van der Waals surface area contributed by atoms with Crippen LogP contribution in [0.2, 0.25) is 0 Å². The molecule has 1 unspecified atom stereocenters. The van der Waals surface area contributed by atoms with Crippen LogP contribution in [0.3, 0.4) is 0 Å². The van der Waals surface area contributed by atoms with E-state index in [4.69, 9.17) is 0 Å². The van der Waals surface area contributed by atoms with Crippen molar-refractivity contribution < 1.29 is 17.5 Å². The second kappa shape index (κ2) is 19.4. The normalized spacial score (nSPS) is 12.9.